The molecule has 2 aromatic rings. The van der Waals surface area contributed by atoms with Crippen LogP contribution in [0.15, 0.2) is 18.9 Å². The van der Waals surface area contributed by atoms with E-state index in [1.54, 1.807) is 10.8 Å². The number of ether oxygens (including phenoxy) is 1. The largest absolute Gasteiger partial charge is 0.394 e. The van der Waals surface area contributed by atoms with Crippen molar-refractivity contribution in [3.05, 3.63) is 18.9 Å². The maximum atomic E-state index is 9.94. The van der Waals surface area contributed by atoms with E-state index in [1.165, 1.54) is 12.7 Å². The number of aliphatic hydroxyl groups excluding tert-OH is 4. The van der Waals surface area contributed by atoms with Crippen LogP contribution >= 0.6 is 0 Å². The molecule has 0 saturated carbocycles. The van der Waals surface area contributed by atoms with E-state index in [0.717, 1.165) is 0 Å². The Hall–Kier alpha value is -1.65. The summed E-state index contributed by atoms with van der Waals surface area (Å²) in [4.78, 5) is 12.1. The fourth-order valence-corrected chi connectivity index (χ4v) is 2.46. The summed E-state index contributed by atoms with van der Waals surface area (Å²) in [6, 6.07) is 0. The second kappa shape index (κ2) is 5.62. The van der Waals surface area contributed by atoms with Crippen molar-refractivity contribution in [3.63, 3.8) is 0 Å². The van der Waals surface area contributed by atoms with Gasteiger partial charge in [0.15, 0.2) is 5.65 Å². The summed E-state index contributed by atoms with van der Waals surface area (Å²) in [5.74, 6) is 0. The van der Waals surface area contributed by atoms with Crippen LogP contribution in [0.5, 0.6) is 0 Å². The van der Waals surface area contributed by atoms with Crippen LogP contribution in [0.1, 0.15) is 12.6 Å². The molecule has 5 atom stereocenters. The first kappa shape index (κ1) is 14.3. The van der Waals surface area contributed by atoms with Crippen LogP contribution in [0.3, 0.4) is 0 Å². The molecule has 9 heteroatoms. The van der Waals surface area contributed by atoms with E-state index >= 15 is 0 Å². The lowest BCUT2D eigenvalue weighted by molar-refractivity contribution is -0.130. The highest BCUT2D eigenvalue weighted by atomic mass is 16.5. The Kier molecular flexibility index (Phi) is 3.83. The molecule has 0 bridgehead atoms. The highest BCUT2D eigenvalue weighted by Crippen LogP contribution is 2.28. The Balaban J connectivity index is 1.97. The van der Waals surface area contributed by atoms with Gasteiger partial charge in [-0.15, -0.1) is 0 Å². The molecule has 3 heterocycles. The lowest BCUT2D eigenvalue weighted by atomic mass is 10.0. The van der Waals surface area contributed by atoms with Gasteiger partial charge in [0.05, 0.1) is 25.2 Å². The van der Waals surface area contributed by atoms with Crippen LogP contribution in [0.4, 0.5) is 0 Å². The summed E-state index contributed by atoms with van der Waals surface area (Å²) in [7, 11) is 0. The van der Waals surface area contributed by atoms with Crippen molar-refractivity contribution in [3.8, 4) is 0 Å². The summed E-state index contributed by atoms with van der Waals surface area (Å²) in [6.07, 6.45) is -1.28. The van der Waals surface area contributed by atoms with Gasteiger partial charge in [-0.2, -0.15) is 0 Å². The zero-order valence-electron chi connectivity index (χ0n) is 11.0. The summed E-state index contributed by atoms with van der Waals surface area (Å²) in [5, 5.41) is 38.9. The molecule has 9 nitrogen and oxygen atoms in total. The topological polar surface area (TPSA) is 134 Å². The number of nitrogens with zero attached hydrogens (tertiary/aromatic N) is 4. The standard InChI is InChI=1S/C12H16N4O5/c17-3-8-11(20)10(19)7(18)1-9(21-8)16-5-15-6-2-13-4-14-12(6)16/h2,4-5,7-11,17-20H,1,3H2/t7-,8+,9-,10-,11+/m0/s1. The normalized spacial score (nSPS) is 34.0. The molecule has 1 aliphatic heterocycles. The molecule has 1 aliphatic rings. The van der Waals surface area contributed by atoms with Crippen molar-refractivity contribution in [1.29, 1.82) is 0 Å². The highest BCUT2D eigenvalue weighted by Gasteiger charge is 2.39. The lowest BCUT2D eigenvalue weighted by Gasteiger charge is -2.24. The Labute approximate surface area is 119 Å². The zero-order chi connectivity index (χ0) is 15.0. The molecule has 0 spiro atoms. The molecule has 0 aromatic carbocycles. The van der Waals surface area contributed by atoms with Gasteiger partial charge in [0, 0.05) is 6.42 Å². The van der Waals surface area contributed by atoms with Crippen LogP contribution in [-0.2, 0) is 4.74 Å². The summed E-state index contributed by atoms with van der Waals surface area (Å²) >= 11 is 0. The number of hydrogen-bond donors (Lipinski definition) is 4. The predicted molar refractivity (Wildman–Crippen MR) is 69.0 cm³/mol. The maximum absolute atomic E-state index is 9.94. The SMILES string of the molecule is OC[C@H]1O[C@H](n2cnc3cncnc32)C[C@H](O)[C@H](O)[C@@H]1O. The maximum Gasteiger partial charge on any atom is 0.165 e. The van der Waals surface area contributed by atoms with E-state index in [0.29, 0.717) is 11.2 Å². The Morgan fingerprint density at radius 3 is 2.81 bits per heavy atom. The molecule has 0 amide bonds. The van der Waals surface area contributed by atoms with Crippen molar-refractivity contribution in [2.45, 2.75) is 37.1 Å². The van der Waals surface area contributed by atoms with Crippen LogP contribution in [-0.4, -0.2) is 71.0 Å². The van der Waals surface area contributed by atoms with E-state index in [1.807, 2.05) is 0 Å². The molecule has 21 heavy (non-hydrogen) atoms. The van der Waals surface area contributed by atoms with Crippen molar-refractivity contribution >= 4 is 11.2 Å². The number of aromatic nitrogens is 4. The first-order valence-electron chi connectivity index (χ1n) is 6.55. The van der Waals surface area contributed by atoms with Crippen LogP contribution in [0, 0.1) is 0 Å². The van der Waals surface area contributed by atoms with Gasteiger partial charge in [-0.1, -0.05) is 0 Å². The third kappa shape index (κ3) is 2.49. The average molecular weight is 296 g/mol. The van der Waals surface area contributed by atoms with Gasteiger partial charge in [0.25, 0.3) is 0 Å². The molecular formula is C12H16N4O5. The first-order chi connectivity index (χ1) is 10.1. The molecule has 114 valence electrons. The molecule has 0 unspecified atom stereocenters. The molecular weight excluding hydrogens is 280 g/mol. The fourth-order valence-electron chi connectivity index (χ4n) is 2.46. The molecule has 2 aromatic heterocycles. The first-order valence-corrected chi connectivity index (χ1v) is 6.55. The van der Waals surface area contributed by atoms with Crippen LogP contribution < -0.4 is 0 Å². The summed E-state index contributed by atoms with van der Waals surface area (Å²) in [5.41, 5.74) is 1.06. The molecule has 4 N–H and O–H groups in total. The Bertz CT molecular complexity index is 620. The van der Waals surface area contributed by atoms with Gasteiger partial charge in [0.2, 0.25) is 0 Å². The lowest BCUT2D eigenvalue weighted by Crippen LogP contribution is -2.44. The van der Waals surface area contributed by atoms with E-state index < -0.39 is 37.3 Å². The minimum absolute atomic E-state index is 0.0319. The van der Waals surface area contributed by atoms with E-state index in [9.17, 15) is 20.4 Å². The number of hydrogen-bond acceptors (Lipinski definition) is 8. The van der Waals surface area contributed by atoms with Crippen LogP contribution in [0.25, 0.3) is 11.2 Å². The van der Waals surface area contributed by atoms with E-state index in [4.69, 9.17) is 4.74 Å². The fraction of sp³-hybridized carbons (Fsp3) is 0.583. The van der Waals surface area contributed by atoms with Crippen molar-refractivity contribution < 1.29 is 25.2 Å². The molecule has 0 radical (unpaired) electrons. The smallest absolute Gasteiger partial charge is 0.165 e. The van der Waals surface area contributed by atoms with Gasteiger partial charge >= 0.3 is 0 Å². The van der Waals surface area contributed by atoms with Gasteiger partial charge in [0.1, 0.15) is 36.4 Å². The number of imidazole rings is 1. The average Bonchev–Trinajstić information content (AvgIpc) is 2.89. The quantitative estimate of drug-likeness (QED) is 0.509. The van der Waals surface area contributed by atoms with Gasteiger partial charge in [-0.05, 0) is 0 Å². The van der Waals surface area contributed by atoms with Gasteiger partial charge in [-0.3, -0.25) is 4.57 Å². The van der Waals surface area contributed by atoms with Crippen molar-refractivity contribution in [1.82, 2.24) is 19.5 Å². The third-order valence-corrected chi connectivity index (χ3v) is 3.63. The number of fused-ring (bicyclic) bond motifs is 1. The molecule has 3 rings (SSSR count). The molecule has 1 fully saturated rings. The van der Waals surface area contributed by atoms with Crippen LogP contribution in [0.2, 0.25) is 0 Å². The van der Waals surface area contributed by atoms with E-state index in [2.05, 4.69) is 15.0 Å². The van der Waals surface area contributed by atoms with Crippen molar-refractivity contribution in [2.24, 2.45) is 0 Å². The minimum atomic E-state index is -1.39. The van der Waals surface area contributed by atoms with Gasteiger partial charge < -0.3 is 25.2 Å². The van der Waals surface area contributed by atoms with Crippen molar-refractivity contribution in [2.75, 3.05) is 6.61 Å². The second-order valence-electron chi connectivity index (χ2n) is 4.98. The number of rotatable bonds is 2. The second-order valence-corrected chi connectivity index (χ2v) is 4.98. The molecule has 0 aliphatic carbocycles. The summed E-state index contributed by atoms with van der Waals surface area (Å²) in [6.45, 7) is -0.483. The predicted octanol–water partition coefficient (Wildman–Crippen LogP) is -1.81. The minimum Gasteiger partial charge on any atom is -0.394 e. The Morgan fingerprint density at radius 2 is 2.05 bits per heavy atom. The summed E-state index contributed by atoms with van der Waals surface area (Å²) < 4.78 is 7.19. The zero-order valence-corrected chi connectivity index (χ0v) is 11.0. The highest BCUT2D eigenvalue weighted by molar-refractivity contribution is 5.68. The van der Waals surface area contributed by atoms with Gasteiger partial charge in [-0.25, -0.2) is 15.0 Å². The number of aliphatic hydroxyl groups is 4. The molecule has 1 saturated heterocycles. The van der Waals surface area contributed by atoms with E-state index in [-0.39, 0.29) is 6.42 Å². The third-order valence-electron chi connectivity index (χ3n) is 3.63. The monoisotopic (exact) mass is 296 g/mol. The Morgan fingerprint density at radius 1 is 1.24 bits per heavy atom.